The molecule has 0 aromatic heterocycles. The molecule has 0 saturated carbocycles. The number of rotatable bonds is 2. The molecule has 2 aliphatic heterocycles. The number of hydrogen-bond acceptors (Lipinski definition) is 5. The van der Waals surface area contributed by atoms with Gasteiger partial charge in [-0.05, 0) is 25.0 Å². The molecule has 0 aliphatic carbocycles. The van der Waals surface area contributed by atoms with Gasteiger partial charge in [-0.15, -0.1) is 0 Å². The normalized spacial score (nSPS) is 28.2. The standard InChI is InChI=1S/C16H21Cl2NO4/c17-11-1-2-12(20)15(18)10(11)8-19-5-3-16(4-6-19)7-13(21)14(22)9-23-16/h1-2,13-14,20-22H,3-9H2/t13-,14+/m1/s1. The van der Waals surface area contributed by atoms with Crippen molar-refractivity contribution >= 4 is 23.2 Å². The van der Waals surface area contributed by atoms with Crippen molar-refractivity contribution in [2.75, 3.05) is 19.7 Å². The predicted molar refractivity (Wildman–Crippen MR) is 88.0 cm³/mol. The van der Waals surface area contributed by atoms with Crippen LogP contribution in [0.3, 0.4) is 0 Å². The highest BCUT2D eigenvalue weighted by atomic mass is 35.5. The summed E-state index contributed by atoms with van der Waals surface area (Å²) in [4.78, 5) is 2.21. The summed E-state index contributed by atoms with van der Waals surface area (Å²) >= 11 is 12.3. The number of halogens is 2. The number of ether oxygens (including phenoxy) is 1. The van der Waals surface area contributed by atoms with Crippen molar-refractivity contribution in [1.82, 2.24) is 4.90 Å². The highest BCUT2D eigenvalue weighted by molar-refractivity contribution is 6.36. The number of aromatic hydroxyl groups is 1. The predicted octanol–water partition coefficient (Wildman–Crippen LogP) is 2.18. The van der Waals surface area contributed by atoms with Crippen LogP contribution >= 0.6 is 23.2 Å². The van der Waals surface area contributed by atoms with Gasteiger partial charge in [0, 0.05) is 36.6 Å². The Bertz CT molecular complexity index is 575. The summed E-state index contributed by atoms with van der Waals surface area (Å²) in [5, 5.41) is 30.0. The molecular formula is C16H21Cl2NO4. The largest absolute Gasteiger partial charge is 0.506 e. The third-order valence-corrected chi connectivity index (χ3v) is 5.68. The molecule has 3 N–H and O–H groups in total. The SMILES string of the molecule is Oc1ccc(Cl)c(CN2CCC3(CC2)C[C@@H](O)[C@@H](O)CO3)c1Cl. The molecule has 128 valence electrons. The van der Waals surface area contributed by atoms with E-state index in [-0.39, 0.29) is 18.0 Å². The zero-order valence-corrected chi connectivity index (χ0v) is 14.2. The van der Waals surface area contributed by atoms with E-state index in [1.54, 1.807) is 6.07 Å². The van der Waals surface area contributed by atoms with Gasteiger partial charge >= 0.3 is 0 Å². The second-order valence-electron chi connectivity index (χ2n) is 6.47. The van der Waals surface area contributed by atoms with Gasteiger partial charge in [0.15, 0.2) is 0 Å². The molecular weight excluding hydrogens is 341 g/mol. The summed E-state index contributed by atoms with van der Waals surface area (Å²) in [5.41, 5.74) is 0.381. The monoisotopic (exact) mass is 361 g/mol. The van der Waals surface area contributed by atoms with E-state index in [2.05, 4.69) is 4.90 Å². The van der Waals surface area contributed by atoms with Crippen LogP contribution in [-0.2, 0) is 11.3 Å². The lowest BCUT2D eigenvalue weighted by Crippen LogP contribution is -2.54. The number of phenolic OH excluding ortho intramolecular Hbond substituents is 1. The minimum absolute atomic E-state index is 0.0345. The molecule has 0 radical (unpaired) electrons. The van der Waals surface area contributed by atoms with Crippen molar-refractivity contribution < 1.29 is 20.1 Å². The summed E-state index contributed by atoms with van der Waals surface area (Å²) in [6, 6.07) is 3.13. The van der Waals surface area contributed by atoms with Crippen LogP contribution in [0.15, 0.2) is 12.1 Å². The van der Waals surface area contributed by atoms with Gasteiger partial charge in [0.25, 0.3) is 0 Å². The van der Waals surface area contributed by atoms with Crippen LogP contribution in [0.5, 0.6) is 5.75 Å². The van der Waals surface area contributed by atoms with Gasteiger partial charge in [0.05, 0.1) is 23.3 Å². The zero-order valence-electron chi connectivity index (χ0n) is 12.7. The number of benzene rings is 1. The number of aliphatic hydroxyl groups excluding tert-OH is 2. The van der Waals surface area contributed by atoms with Crippen LogP contribution in [-0.4, -0.2) is 57.7 Å². The van der Waals surface area contributed by atoms with Gasteiger partial charge in [-0.3, -0.25) is 4.90 Å². The maximum atomic E-state index is 9.89. The topological polar surface area (TPSA) is 73.2 Å². The molecule has 1 aromatic carbocycles. The number of hydrogen-bond donors (Lipinski definition) is 3. The molecule has 2 atom stereocenters. The summed E-state index contributed by atoms with van der Waals surface area (Å²) in [6.45, 7) is 2.31. The minimum atomic E-state index is -0.788. The van der Waals surface area contributed by atoms with Crippen LogP contribution in [0.2, 0.25) is 10.0 Å². The summed E-state index contributed by atoms with van der Waals surface area (Å²) < 4.78 is 5.83. The highest BCUT2D eigenvalue weighted by Gasteiger charge is 2.42. The lowest BCUT2D eigenvalue weighted by molar-refractivity contribution is -0.188. The van der Waals surface area contributed by atoms with Crippen LogP contribution in [0.25, 0.3) is 0 Å². The Balaban J connectivity index is 1.63. The molecule has 0 bridgehead atoms. The fourth-order valence-corrected chi connectivity index (χ4v) is 3.86. The molecule has 2 heterocycles. The molecule has 0 amide bonds. The van der Waals surface area contributed by atoms with Crippen molar-refractivity contribution in [1.29, 1.82) is 0 Å². The van der Waals surface area contributed by atoms with Gasteiger partial charge in [-0.1, -0.05) is 23.2 Å². The summed E-state index contributed by atoms with van der Waals surface area (Å²) in [7, 11) is 0. The van der Waals surface area contributed by atoms with Gasteiger partial charge in [-0.25, -0.2) is 0 Å². The molecule has 2 aliphatic rings. The first kappa shape index (κ1) is 17.3. The first-order valence-electron chi connectivity index (χ1n) is 7.78. The molecule has 1 spiro atoms. The van der Waals surface area contributed by atoms with Gasteiger partial charge in [-0.2, -0.15) is 0 Å². The minimum Gasteiger partial charge on any atom is -0.506 e. The molecule has 0 unspecified atom stereocenters. The molecule has 3 rings (SSSR count). The van der Waals surface area contributed by atoms with E-state index in [9.17, 15) is 15.3 Å². The third-order valence-electron chi connectivity index (χ3n) is 4.90. The maximum absolute atomic E-state index is 9.89. The van der Waals surface area contributed by atoms with Crippen LogP contribution in [0.1, 0.15) is 24.8 Å². The average molecular weight is 362 g/mol. The van der Waals surface area contributed by atoms with E-state index >= 15 is 0 Å². The third kappa shape index (κ3) is 3.60. The van der Waals surface area contributed by atoms with Crippen LogP contribution < -0.4 is 0 Å². The van der Waals surface area contributed by atoms with Crippen molar-refractivity contribution in [2.24, 2.45) is 0 Å². The first-order valence-corrected chi connectivity index (χ1v) is 8.54. The van der Waals surface area contributed by atoms with E-state index in [0.717, 1.165) is 31.5 Å². The van der Waals surface area contributed by atoms with E-state index in [1.165, 1.54) is 6.07 Å². The molecule has 7 heteroatoms. The molecule has 5 nitrogen and oxygen atoms in total. The number of likely N-dealkylation sites (tertiary alicyclic amines) is 1. The average Bonchev–Trinajstić information content (AvgIpc) is 2.54. The molecule has 2 fully saturated rings. The van der Waals surface area contributed by atoms with Crippen molar-refractivity contribution in [3.63, 3.8) is 0 Å². The molecule has 1 aromatic rings. The summed E-state index contributed by atoms with van der Waals surface area (Å²) in [5.74, 6) is 0.0345. The fraction of sp³-hybridized carbons (Fsp3) is 0.625. The first-order chi connectivity index (χ1) is 10.9. The van der Waals surface area contributed by atoms with Crippen LogP contribution in [0, 0.1) is 0 Å². The van der Waals surface area contributed by atoms with E-state index in [1.807, 2.05) is 0 Å². The van der Waals surface area contributed by atoms with Crippen molar-refractivity contribution in [2.45, 2.75) is 43.6 Å². The van der Waals surface area contributed by atoms with Crippen molar-refractivity contribution in [3.05, 3.63) is 27.7 Å². The molecule has 23 heavy (non-hydrogen) atoms. The Morgan fingerprint density at radius 1 is 1.17 bits per heavy atom. The zero-order chi connectivity index (χ0) is 16.6. The van der Waals surface area contributed by atoms with E-state index in [4.69, 9.17) is 27.9 Å². The maximum Gasteiger partial charge on any atom is 0.134 e. The van der Waals surface area contributed by atoms with E-state index in [0.29, 0.717) is 23.0 Å². The smallest absolute Gasteiger partial charge is 0.134 e. The quantitative estimate of drug-likeness (QED) is 0.752. The Morgan fingerprint density at radius 2 is 1.87 bits per heavy atom. The number of phenols is 1. The summed E-state index contributed by atoms with van der Waals surface area (Å²) in [6.07, 6.45) is 0.527. The fourth-order valence-electron chi connectivity index (χ4n) is 3.37. The number of aliphatic hydroxyl groups is 2. The highest BCUT2D eigenvalue weighted by Crippen LogP contribution is 2.37. The lowest BCUT2D eigenvalue weighted by Gasteiger charge is -2.46. The lowest BCUT2D eigenvalue weighted by atomic mass is 9.82. The molecule has 2 saturated heterocycles. The van der Waals surface area contributed by atoms with Gasteiger partial charge < -0.3 is 20.1 Å². The van der Waals surface area contributed by atoms with E-state index < -0.39 is 12.2 Å². The Morgan fingerprint density at radius 3 is 2.52 bits per heavy atom. The second kappa shape index (κ2) is 6.75. The Kier molecular flexibility index (Phi) is 5.06. The van der Waals surface area contributed by atoms with Crippen molar-refractivity contribution in [3.8, 4) is 5.75 Å². The Labute approximate surface area is 145 Å². The number of piperidine rings is 1. The van der Waals surface area contributed by atoms with Crippen LogP contribution in [0.4, 0.5) is 0 Å². The number of nitrogens with zero attached hydrogens (tertiary/aromatic N) is 1. The van der Waals surface area contributed by atoms with Gasteiger partial charge in [0.1, 0.15) is 11.9 Å². The second-order valence-corrected chi connectivity index (χ2v) is 7.25. The Hall–Kier alpha value is -0.560. The van der Waals surface area contributed by atoms with Gasteiger partial charge in [0.2, 0.25) is 0 Å².